The van der Waals surface area contributed by atoms with Crippen LogP contribution in [0.15, 0.2) is 29.8 Å². The molecule has 0 radical (unpaired) electrons. The van der Waals surface area contributed by atoms with Crippen molar-refractivity contribution in [3.63, 3.8) is 0 Å². The van der Waals surface area contributed by atoms with Gasteiger partial charge in [0.05, 0.1) is 22.2 Å². The Morgan fingerprint density at radius 3 is 2.23 bits per heavy atom. The summed E-state index contributed by atoms with van der Waals surface area (Å²) >= 11 is 1.59. The van der Waals surface area contributed by atoms with E-state index in [0.717, 1.165) is 73.4 Å². The third-order valence-electron chi connectivity index (χ3n) is 9.61. The number of nitrogens with zero attached hydrogens (tertiary/aromatic N) is 4. The van der Waals surface area contributed by atoms with Crippen molar-refractivity contribution in [1.29, 1.82) is 0 Å². The second kappa shape index (κ2) is 18.5. The molecule has 3 N–H and O–H groups in total. The number of aryl methyl sites for hydroxylation is 1. The number of β-amino-alcohol motifs (C(OH)–C–C–N with tert-alkyl or cyclic N) is 1. The number of ether oxygens (including phenoxy) is 1. The molecule has 1 aromatic heterocycles. The molecule has 4 amide bonds. The van der Waals surface area contributed by atoms with E-state index in [9.17, 15) is 24.3 Å². The van der Waals surface area contributed by atoms with Crippen molar-refractivity contribution in [2.75, 3.05) is 39.3 Å². The molecule has 3 atom stereocenters. The number of piperazine rings is 1. The first kappa shape index (κ1) is 41.2. The van der Waals surface area contributed by atoms with Crippen LogP contribution in [-0.4, -0.2) is 112 Å². The van der Waals surface area contributed by atoms with E-state index >= 15 is 0 Å². The number of hydrogen-bond acceptors (Lipinski definition) is 9. The van der Waals surface area contributed by atoms with Gasteiger partial charge in [0.2, 0.25) is 17.7 Å². The van der Waals surface area contributed by atoms with Gasteiger partial charge in [0.1, 0.15) is 17.7 Å². The number of amides is 4. The maximum atomic E-state index is 13.9. The lowest BCUT2D eigenvalue weighted by Crippen LogP contribution is -2.57. The number of aromatic nitrogens is 1. The normalized spacial score (nSPS) is 19.0. The molecule has 0 aliphatic carbocycles. The Labute approximate surface area is 313 Å². The maximum Gasteiger partial charge on any atom is 0.410 e. The number of aliphatic hydroxyl groups is 1. The molecule has 3 heterocycles. The number of thiazole rings is 1. The SMILES string of the molecule is Cc1ncsc1-c1ccc(CNC(=O)[C@@H]2C[C@@H](O)CN2C(=O)[C@@H](NC(=O)CCCCCCCN2CCN(C(=O)OC(C)(C)C)CC2)C(C)(C)C)cc1. The van der Waals surface area contributed by atoms with E-state index in [1.54, 1.807) is 16.2 Å². The summed E-state index contributed by atoms with van der Waals surface area (Å²) < 4.78 is 5.48. The summed E-state index contributed by atoms with van der Waals surface area (Å²) in [6.45, 7) is 17.7. The lowest BCUT2D eigenvalue weighted by atomic mass is 9.85. The molecule has 12 nitrogen and oxygen atoms in total. The fourth-order valence-electron chi connectivity index (χ4n) is 6.65. The maximum absolute atomic E-state index is 13.9. The first-order chi connectivity index (χ1) is 24.5. The number of aliphatic hydroxyl groups excluding tert-OH is 1. The van der Waals surface area contributed by atoms with Gasteiger partial charge in [0.25, 0.3) is 0 Å². The average molecular weight is 741 g/mol. The molecule has 4 rings (SSSR count). The smallest absolute Gasteiger partial charge is 0.410 e. The van der Waals surface area contributed by atoms with Crippen molar-refractivity contribution in [2.24, 2.45) is 5.41 Å². The van der Waals surface area contributed by atoms with Crippen LogP contribution in [0.2, 0.25) is 0 Å². The van der Waals surface area contributed by atoms with Gasteiger partial charge in [-0.3, -0.25) is 19.3 Å². The molecule has 288 valence electrons. The monoisotopic (exact) mass is 740 g/mol. The number of unbranched alkanes of at least 4 members (excludes halogenated alkanes) is 4. The predicted octanol–water partition coefficient (Wildman–Crippen LogP) is 5.12. The summed E-state index contributed by atoms with van der Waals surface area (Å²) in [5.74, 6) is -0.864. The number of carbonyl (C=O) groups excluding carboxylic acids is 4. The van der Waals surface area contributed by atoms with Gasteiger partial charge in [-0.15, -0.1) is 11.3 Å². The van der Waals surface area contributed by atoms with E-state index < -0.39 is 29.2 Å². The fourth-order valence-corrected chi connectivity index (χ4v) is 7.46. The van der Waals surface area contributed by atoms with E-state index in [2.05, 4.69) is 20.5 Å². The van der Waals surface area contributed by atoms with Crippen LogP contribution in [0.3, 0.4) is 0 Å². The van der Waals surface area contributed by atoms with E-state index in [-0.39, 0.29) is 36.8 Å². The van der Waals surface area contributed by atoms with Gasteiger partial charge in [-0.05, 0) is 63.6 Å². The first-order valence-corrected chi connectivity index (χ1v) is 19.6. The summed E-state index contributed by atoms with van der Waals surface area (Å²) in [4.78, 5) is 63.7. The Morgan fingerprint density at radius 1 is 0.962 bits per heavy atom. The zero-order valence-corrected chi connectivity index (χ0v) is 33.0. The van der Waals surface area contributed by atoms with E-state index in [4.69, 9.17) is 4.74 Å². The Hall–Kier alpha value is -3.55. The van der Waals surface area contributed by atoms with Crippen LogP contribution in [-0.2, 0) is 25.7 Å². The van der Waals surface area contributed by atoms with E-state index in [1.807, 2.05) is 78.2 Å². The topological polar surface area (TPSA) is 144 Å². The van der Waals surface area contributed by atoms with Crippen LogP contribution in [0.4, 0.5) is 4.79 Å². The molecule has 2 aromatic rings. The summed E-state index contributed by atoms with van der Waals surface area (Å²) in [5.41, 5.74) is 3.71. The van der Waals surface area contributed by atoms with Gasteiger partial charge in [0, 0.05) is 52.1 Å². The second-order valence-corrected chi connectivity index (χ2v) is 17.1. The third-order valence-corrected chi connectivity index (χ3v) is 10.6. The standard InChI is InChI=1S/C39H60N6O6S/c1-27-33(52-26-41-27)29-16-14-28(15-17-29)24-40-35(48)31-23-30(46)25-45(31)36(49)34(38(2,3)4)42-32(47)13-11-9-8-10-12-18-43-19-21-44(22-20-43)37(50)51-39(5,6)7/h14-17,26,30-31,34,46H,8-13,18-25H2,1-7H3,(H,40,48)(H,42,47)/t30-,31+,34-/m1/s1. The molecule has 0 spiro atoms. The number of likely N-dealkylation sites (tertiary alicyclic amines) is 1. The van der Waals surface area contributed by atoms with Crippen molar-refractivity contribution in [1.82, 2.24) is 30.3 Å². The highest BCUT2D eigenvalue weighted by molar-refractivity contribution is 7.13. The minimum Gasteiger partial charge on any atom is -0.444 e. The van der Waals surface area contributed by atoms with Gasteiger partial charge < -0.3 is 30.3 Å². The van der Waals surface area contributed by atoms with E-state index in [1.165, 1.54) is 4.90 Å². The van der Waals surface area contributed by atoms with Gasteiger partial charge >= 0.3 is 6.09 Å². The second-order valence-electron chi connectivity index (χ2n) is 16.3. The van der Waals surface area contributed by atoms with Crippen molar-refractivity contribution in [3.8, 4) is 10.4 Å². The summed E-state index contributed by atoms with van der Waals surface area (Å²) in [7, 11) is 0. The van der Waals surface area contributed by atoms with Crippen LogP contribution < -0.4 is 10.6 Å². The van der Waals surface area contributed by atoms with Crippen LogP contribution >= 0.6 is 11.3 Å². The Balaban J connectivity index is 1.17. The van der Waals surface area contributed by atoms with Gasteiger partial charge in [-0.1, -0.05) is 64.3 Å². The highest BCUT2D eigenvalue weighted by Gasteiger charge is 2.44. The minimum absolute atomic E-state index is 0.0433. The molecule has 2 aliphatic rings. The molecule has 0 bridgehead atoms. The molecular weight excluding hydrogens is 681 g/mol. The van der Waals surface area contributed by atoms with Gasteiger partial charge in [-0.25, -0.2) is 9.78 Å². The lowest BCUT2D eigenvalue weighted by molar-refractivity contribution is -0.144. The summed E-state index contributed by atoms with van der Waals surface area (Å²) in [6, 6.07) is 6.29. The Morgan fingerprint density at radius 2 is 1.62 bits per heavy atom. The molecule has 0 unspecified atom stereocenters. The average Bonchev–Trinajstić information content (AvgIpc) is 3.69. The zero-order valence-electron chi connectivity index (χ0n) is 32.2. The summed E-state index contributed by atoms with van der Waals surface area (Å²) in [5, 5.41) is 16.4. The van der Waals surface area contributed by atoms with Crippen molar-refractivity contribution in [3.05, 3.63) is 41.0 Å². The quantitative estimate of drug-likeness (QED) is 0.227. The molecule has 13 heteroatoms. The third kappa shape index (κ3) is 12.3. The molecule has 2 saturated heterocycles. The number of hydrogen-bond donors (Lipinski definition) is 3. The number of rotatable bonds is 14. The van der Waals surface area contributed by atoms with Gasteiger partial charge in [0.15, 0.2) is 0 Å². The Bertz CT molecular complexity index is 1490. The molecule has 52 heavy (non-hydrogen) atoms. The van der Waals surface area contributed by atoms with Crippen LogP contribution in [0.1, 0.15) is 97.7 Å². The van der Waals surface area contributed by atoms with Crippen LogP contribution in [0.25, 0.3) is 10.4 Å². The van der Waals surface area contributed by atoms with E-state index in [0.29, 0.717) is 26.1 Å². The predicted molar refractivity (Wildman–Crippen MR) is 204 cm³/mol. The summed E-state index contributed by atoms with van der Waals surface area (Å²) in [6.07, 6.45) is 4.20. The van der Waals surface area contributed by atoms with Crippen molar-refractivity contribution >= 4 is 35.2 Å². The lowest BCUT2D eigenvalue weighted by Gasteiger charge is -2.35. The molecule has 2 aliphatic heterocycles. The highest BCUT2D eigenvalue weighted by Crippen LogP contribution is 2.28. The highest BCUT2D eigenvalue weighted by atomic mass is 32.1. The largest absolute Gasteiger partial charge is 0.444 e. The van der Waals surface area contributed by atoms with Crippen molar-refractivity contribution < 1.29 is 29.0 Å². The Kier molecular flexibility index (Phi) is 14.6. The number of nitrogens with one attached hydrogen (secondary N) is 2. The molecule has 0 saturated carbocycles. The minimum atomic E-state index is -0.834. The van der Waals surface area contributed by atoms with Gasteiger partial charge in [-0.2, -0.15) is 0 Å². The van der Waals surface area contributed by atoms with Crippen LogP contribution in [0, 0.1) is 12.3 Å². The molecular formula is C39H60N6O6S. The van der Waals surface area contributed by atoms with Crippen molar-refractivity contribution in [2.45, 2.75) is 124 Å². The van der Waals surface area contributed by atoms with Crippen LogP contribution in [0.5, 0.6) is 0 Å². The molecule has 1 aromatic carbocycles. The molecule has 2 fully saturated rings. The fraction of sp³-hybridized carbons (Fsp3) is 0.667. The zero-order chi connectivity index (χ0) is 38.1. The number of benzene rings is 1. The number of carbonyl (C=O) groups is 4. The first-order valence-electron chi connectivity index (χ1n) is 18.8.